The van der Waals surface area contributed by atoms with Gasteiger partial charge in [-0.25, -0.2) is 9.18 Å². The van der Waals surface area contributed by atoms with Crippen LogP contribution in [0.5, 0.6) is 5.75 Å². The minimum Gasteiger partial charge on any atom is -0.478 e. The van der Waals surface area contributed by atoms with Crippen molar-refractivity contribution in [3.05, 3.63) is 29.6 Å². The fourth-order valence-electron chi connectivity index (χ4n) is 1.06. The molecule has 82 valence electrons. The van der Waals surface area contributed by atoms with E-state index < -0.39 is 17.9 Å². The standard InChI is InChI=1S/C10H12FNO3/c1-6-3-2-4-7(9(6)11)15-8(5-12)10(13)14/h2-4,8H,5,12H2,1H3,(H,13,14). The number of benzene rings is 1. The Morgan fingerprint density at radius 1 is 1.67 bits per heavy atom. The van der Waals surface area contributed by atoms with Gasteiger partial charge in [-0.2, -0.15) is 0 Å². The first-order valence-electron chi connectivity index (χ1n) is 4.41. The molecule has 0 spiro atoms. The number of carbonyl (C=O) groups is 1. The summed E-state index contributed by atoms with van der Waals surface area (Å²) in [7, 11) is 0. The quantitative estimate of drug-likeness (QED) is 0.780. The van der Waals surface area contributed by atoms with Crippen LogP contribution >= 0.6 is 0 Å². The molecule has 3 N–H and O–H groups in total. The molecule has 0 aliphatic heterocycles. The summed E-state index contributed by atoms with van der Waals surface area (Å²) in [6, 6.07) is 4.53. The van der Waals surface area contributed by atoms with E-state index in [0.29, 0.717) is 5.56 Å². The molecule has 1 unspecified atom stereocenters. The lowest BCUT2D eigenvalue weighted by Gasteiger charge is -2.14. The third-order valence-corrected chi connectivity index (χ3v) is 1.92. The lowest BCUT2D eigenvalue weighted by atomic mass is 10.2. The first-order valence-corrected chi connectivity index (χ1v) is 4.41. The summed E-state index contributed by atoms with van der Waals surface area (Å²) < 4.78 is 18.3. The van der Waals surface area contributed by atoms with Gasteiger partial charge in [0.25, 0.3) is 0 Å². The fraction of sp³-hybridized carbons (Fsp3) is 0.300. The molecular formula is C10H12FNO3. The Morgan fingerprint density at radius 3 is 2.87 bits per heavy atom. The van der Waals surface area contributed by atoms with Gasteiger partial charge in [-0.1, -0.05) is 12.1 Å². The number of aliphatic carboxylic acids is 1. The van der Waals surface area contributed by atoms with Crippen LogP contribution in [-0.2, 0) is 4.79 Å². The van der Waals surface area contributed by atoms with Crippen LogP contribution in [0.25, 0.3) is 0 Å². The zero-order valence-corrected chi connectivity index (χ0v) is 8.24. The Hall–Kier alpha value is -1.62. The Balaban J connectivity index is 2.88. The van der Waals surface area contributed by atoms with E-state index in [1.165, 1.54) is 6.07 Å². The van der Waals surface area contributed by atoms with Crippen LogP contribution in [0.2, 0.25) is 0 Å². The number of nitrogens with two attached hydrogens (primary N) is 1. The Morgan fingerprint density at radius 2 is 2.33 bits per heavy atom. The number of halogens is 1. The number of carboxylic acid groups (broad SMARTS) is 1. The van der Waals surface area contributed by atoms with Crippen molar-refractivity contribution in [3.8, 4) is 5.75 Å². The second-order valence-electron chi connectivity index (χ2n) is 3.07. The first kappa shape index (κ1) is 11.5. The molecule has 0 amide bonds. The van der Waals surface area contributed by atoms with E-state index in [-0.39, 0.29) is 12.3 Å². The molecule has 0 fully saturated rings. The number of rotatable bonds is 4. The number of hydrogen-bond acceptors (Lipinski definition) is 3. The summed E-state index contributed by atoms with van der Waals surface area (Å²) >= 11 is 0. The smallest absolute Gasteiger partial charge is 0.346 e. The second-order valence-corrected chi connectivity index (χ2v) is 3.07. The monoisotopic (exact) mass is 213 g/mol. The van der Waals surface area contributed by atoms with Gasteiger partial charge < -0.3 is 15.6 Å². The lowest BCUT2D eigenvalue weighted by molar-refractivity contribution is -0.144. The zero-order chi connectivity index (χ0) is 11.4. The molecule has 15 heavy (non-hydrogen) atoms. The van der Waals surface area contributed by atoms with Crippen molar-refractivity contribution in [3.63, 3.8) is 0 Å². The van der Waals surface area contributed by atoms with E-state index in [0.717, 1.165) is 0 Å². The highest BCUT2D eigenvalue weighted by Crippen LogP contribution is 2.20. The van der Waals surface area contributed by atoms with E-state index in [2.05, 4.69) is 0 Å². The summed E-state index contributed by atoms with van der Waals surface area (Å²) in [5.74, 6) is -1.86. The topological polar surface area (TPSA) is 72.5 Å². The lowest BCUT2D eigenvalue weighted by Crippen LogP contribution is -2.35. The van der Waals surface area contributed by atoms with Gasteiger partial charge in [0.05, 0.1) is 0 Å². The molecule has 1 aromatic carbocycles. The number of ether oxygens (including phenoxy) is 1. The highest BCUT2D eigenvalue weighted by Gasteiger charge is 2.19. The zero-order valence-electron chi connectivity index (χ0n) is 8.24. The van der Waals surface area contributed by atoms with E-state index in [4.69, 9.17) is 15.6 Å². The highest BCUT2D eigenvalue weighted by atomic mass is 19.1. The van der Waals surface area contributed by atoms with Crippen molar-refractivity contribution in [2.45, 2.75) is 13.0 Å². The molecular weight excluding hydrogens is 201 g/mol. The first-order chi connectivity index (χ1) is 7.06. The van der Waals surface area contributed by atoms with Crippen molar-refractivity contribution in [2.24, 2.45) is 5.73 Å². The molecule has 4 nitrogen and oxygen atoms in total. The number of carboxylic acids is 1. The van der Waals surface area contributed by atoms with Crippen LogP contribution in [-0.4, -0.2) is 23.7 Å². The molecule has 1 aromatic rings. The molecule has 0 aliphatic rings. The molecule has 1 rings (SSSR count). The molecule has 5 heteroatoms. The van der Waals surface area contributed by atoms with Crippen LogP contribution in [0.1, 0.15) is 5.56 Å². The van der Waals surface area contributed by atoms with Gasteiger partial charge in [-0.3, -0.25) is 0 Å². The maximum absolute atomic E-state index is 13.4. The van der Waals surface area contributed by atoms with Gasteiger partial charge in [-0.15, -0.1) is 0 Å². The Labute approximate surface area is 86.5 Å². The van der Waals surface area contributed by atoms with E-state index in [1.807, 2.05) is 0 Å². The number of hydrogen-bond donors (Lipinski definition) is 2. The normalized spacial score (nSPS) is 12.2. The predicted octanol–water partition coefficient (Wildman–Crippen LogP) is 0.925. The van der Waals surface area contributed by atoms with Crippen LogP contribution in [0, 0.1) is 12.7 Å². The van der Waals surface area contributed by atoms with Gasteiger partial charge >= 0.3 is 5.97 Å². The van der Waals surface area contributed by atoms with Crippen LogP contribution in [0.3, 0.4) is 0 Å². The molecule has 0 heterocycles. The molecule has 0 aromatic heterocycles. The van der Waals surface area contributed by atoms with Crippen LogP contribution in [0.4, 0.5) is 4.39 Å². The average Bonchev–Trinajstić information content (AvgIpc) is 2.19. The Kier molecular flexibility index (Phi) is 3.62. The SMILES string of the molecule is Cc1cccc(OC(CN)C(=O)O)c1F. The van der Waals surface area contributed by atoms with Crippen molar-refractivity contribution in [1.29, 1.82) is 0 Å². The van der Waals surface area contributed by atoms with Gasteiger partial charge in [0, 0.05) is 6.54 Å². The summed E-state index contributed by atoms with van der Waals surface area (Å²) in [5.41, 5.74) is 5.58. The summed E-state index contributed by atoms with van der Waals surface area (Å²) in [4.78, 5) is 10.6. The Bertz CT molecular complexity index is 368. The summed E-state index contributed by atoms with van der Waals surface area (Å²) in [6.07, 6.45) is -1.22. The van der Waals surface area contributed by atoms with Crippen molar-refractivity contribution in [2.75, 3.05) is 6.54 Å². The summed E-state index contributed by atoms with van der Waals surface area (Å²) in [6.45, 7) is 1.36. The van der Waals surface area contributed by atoms with Gasteiger partial charge in [0.2, 0.25) is 6.10 Å². The van der Waals surface area contributed by atoms with Gasteiger partial charge in [0.15, 0.2) is 11.6 Å². The highest BCUT2D eigenvalue weighted by molar-refractivity contribution is 5.73. The molecule has 0 saturated carbocycles. The average molecular weight is 213 g/mol. The van der Waals surface area contributed by atoms with Crippen LogP contribution < -0.4 is 10.5 Å². The van der Waals surface area contributed by atoms with Crippen molar-refractivity contribution < 1.29 is 19.0 Å². The molecule has 0 aliphatic carbocycles. The number of aryl methyl sites for hydroxylation is 1. The molecule has 0 bridgehead atoms. The largest absolute Gasteiger partial charge is 0.478 e. The third-order valence-electron chi connectivity index (χ3n) is 1.92. The maximum atomic E-state index is 13.4. The fourth-order valence-corrected chi connectivity index (χ4v) is 1.06. The predicted molar refractivity (Wildman–Crippen MR) is 52.2 cm³/mol. The van der Waals surface area contributed by atoms with Gasteiger partial charge in [0.1, 0.15) is 0 Å². The third kappa shape index (κ3) is 2.66. The van der Waals surface area contributed by atoms with Gasteiger partial charge in [-0.05, 0) is 18.6 Å². The minimum absolute atomic E-state index is 0.0900. The summed E-state index contributed by atoms with van der Waals surface area (Å²) in [5, 5.41) is 8.67. The van der Waals surface area contributed by atoms with E-state index >= 15 is 0 Å². The maximum Gasteiger partial charge on any atom is 0.346 e. The van der Waals surface area contributed by atoms with Crippen LogP contribution in [0.15, 0.2) is 18.2 Å². The van der Waals surface area contributed by atoms with E-state index in [1.54, 1.807) is 19.1 Å². The van der Waals surface area contributed by atoms with Crippen molar-refractivity contribution >= 4 is 5.97 Å². The van der Waals surface area contributed by atoms with Crippen molar-refractivity contribution in [1.82, 2.24) is 0 Å². The molecule has 0 radical (unpaired) electrons. The molecule has 0 saturated heterocycles. The second kappa shape index (κ2) is 4.75. The molecule has 1 atom stereocenters. The van der Waals surface area contributed by atoms with E-state index in [9.17, 15) is 9.18 Å². The minimum atomic E-state index is -1.22.